The van der Waals surface area contributed by atoms with Crippen LogP contribution in [0.2, 0.25) is 0 Å². The normalized spacial score (nSPS) is 19.8. The number of carbonyl (C=O) groups is 1. The van der Waals surface area contributed by atoms with Crippen LogP contribution >= 0.6 is 7.82 Å². The van der Waals surface area contributed by atoms with Crippen LogP contribution in [0.15, 0.2) is 24.3 Å². The molecule has 1 amide bonds. The molecule has 2 rings (SSSR count). The van der Waals surface area contributed by atoms with E-state index in [0.717, 1.165) is 36.8 Å². The predicted octanol–water partition coefficient (Wildman–Crippen LogP) is 3.07. The molecule has 0 spiro atoms. The lowest BCUT2D eigenvalue weighted by Crippen LogP contribution is -2.35. The second-order valence-corrected chi connectivity index (χ2v) is 7.05. The van der Waals surface area contributed by atoms with Gasteiger partial charge >= 0.3 is 13.9 Å². The Balaban J connectivity index is 1.96. The molecule has 0 bridgehead atoms. The summed E-state index contributed by atoms with van der Waals surface area (Å²) in [5, 5.41) is 2.67. The summed E-state index contributed by atoms with van der Waals surface area (Å²) in [7, 11) is -4.65. The maximum absolute atomic E-state index is 12.0. The first-order valence-electron chi connectivity index (χ1n) is 8.15. The van der Waals surface area contributed by atoms with Crippen molar-refractivity contribution < 1.29 is 28.4 Å². The molecule has 0 aromatic heterocycles. The Hall–Kier alpha value is -1.40. The second kappa shape index (κ2) is 8.62. The summed E-state index contributed by atoms with van der Waals surface area (Å²) in [4.78, 5) is 30.1. The second-order valence-electron chi connectivity index (χ2n) is 5.86. The van der Waals surface area contributed by atoms with Crippen molar-refractivity contribution in [3.05, 3.63) is 35.4 Å². The molecule has 0 aliphatic heterocycles. The Labute approximate surface area is 141 Å². The number of unbranched alkanes of at least 4 members (excludes halogenated alkanes) is 3. The number of rotatable bonds is 8. The maximum Gasteiger partial charge on any atom is 0.469 e. The molecule has 2 atom stereocenters. The highest BCUT2D eigenvalue weighted by atomic mass is 31.2. The zero-order valence-electron chi connectivity index (χ0n) is 13.7. The van der Waals surface area contributed by atoms with E-state index in [0.29, 0.717) is 13.0 Å². The smallest absolute Gasteiger partial charge is 0.450 e. The van der Waals surface area contributed by atoms with Crippen molar-refractivity contribution >= 4 is 13.9 Å². The van der Waals surface area contributed by atoms with Gasteiger partial charge in [0.1, 0.15) is 0 Å². The molecule has 1 aromatic rings. The van der Waals surface area contributed by atoms with E-state index in [1.54, 1.807) is 0 Å². The summed E-state index contributed by atoms with van der Waals surface area (Å²) in [6, 6.07) is 6.66. The van der Waals surface area contributed by atoms with Crippen LogP contribution in [0.25, 0.3) is 0 Å². The number of fused-ring (bicyclic) bond motifs is 1. The highest BCUT2D eigenvalue weighted by Gasteiger charge is 2.38. The first-order valence-corrected chi connectivity index (χ1v) is 9.69. The average molecular weight is 357 g/mol. The van der Waals surface area contributed by atoms with Gasteiger partial charge in [0.2, 0.25) is 0 Å². The van der Waals surface area contributed by atoms with Crippen molar-refractivity contribution in [2.75, 3.05) is 6.61 Å². The maximum atomic E-state index is 12.0. The predicted molar refractivity (Wildman–Crippen MR) is 88.4 cm³/mol. The van der Waals surface area contributed by atoms with E-state index in [1.165, 1.54) is 0 Å². The SMILES string of the molecule is CCCCCCOC(=O)N[C@@H]1c2ccccc2C[C@H]1OP(=O)(O)O. The van der Waals surface area contributed by atoms with Gasteiger partial charge in [0.15, 0.2) is 0 Å². The lowest BCUT2D eigenvalue weighted by molar-refractivity contribution is 0.0978. The fourth-order valence-corrected chi connectivity index (χ4v) is 3.41. The number of alkyl carbamates (subject to hydrolysis) is 1. The third kappa shape index (κ3) is 5.60. The standard InChI is InChI=1S/C16H24NO6P/c1-2-3-4-7-10-22-16(18)17-15-13-9-6-5-8-12(13)11-14(15)23-24(19,20)21/h5-6,8-9,14-15H,2-4,7,10-11H2,1H3,(H,17,18)(H2,19,20,21)/t14-,15-/m1/s1. The number of amides is 1. The lowest BCUT2D eigenvalue weighted by Gasteiger charge is -2.22. The van der Waals surface area contributed by atoms with Crippen molar-refractivity contribution in [1.82, 2.24) is 5.32 Å². The molecule has 7 nitrogen and oxygen atoms in total. The fraction of sp³-hybridized carbons (Fsp3) is 0.562. The summed E-state index contributed by atoms with van der Waals surface area (Å²) >= 11 is 0. The van der Waals surface area contributed by atoms with Gasteiger partial charge in [0.05, 0.1) is 18.8 Å². The van der Waals surface area contributed by atoms with Crippen LogP contribution in [0.4, 0.5) is 4.79 Å². The van der Waals surface area contributed by atoms with E-state index in [9.17, 15) is 9.36 Å². The lowest BCUT2D eigenvalue weighted by atomic mass is 10.1. The fourth-order valence-electron chi connectivity index (χ4n) is 2.87. The quantitative estimate of drug-likeness (QED) is 0.488. The van der Waals surface area contributed by atoms with Crippen molar-refractivity contribution in [2.45, 2.75) is 51.2 Å². The van der Waals surface area contributed by atoms with Gasteiger partial charge in [-0.1, -0.05) is 50.5 Å². The minimum absolute atomic E-state index is 0.322. The van der Waals surface area contributed by atoms with Gasteiger partial charge in [-0.2, -0.15) is 0 Å². The molecule has 1 aliphatic rings. The molecular weight excluding hydrogens is 333 g/mol. The number of carbonyl (C=O) groups excluding carboxylic acids is 1. The first-order chi connectivity index (χ1) is 11.4. The number of ether oxygens (including phenoxy) is 1. The molecule has 0 saturated carbocycles. The zero-order valence-corrected chi connectivity index (χ0v) is 14.6. The van der Waals surface area contributed by atoms with Gasteiger partial charge in [-0.3, -0.25) is 4.52 Å². The molecule has 24 heavy (non-hydrogen) atoms. The first kappa shape index (κ1) is 18.9. The monoisotopic (exact) mass is 357 g/mol. The van der Waals surface area contributed by atoms with Crippen molar-refractivity contribution in [3.63, 3.8) is 0 Å². The number of hydrogen-bond acceptors (Lipinski definition) is 4. The average Bonchev–Trinajstić information content (AvgIpc) is 2.83. The molecule has 0 fully saturated rings. The van der Waals surface area contributed by atoms with Crippen LogP contribution in [0.5, 0.6) is 0 Å². The zero-order chi connectivity index (χ0) is 17.6. The third-order valence-electron chi connectivity index (χ3n) is 3.96. The molecule has 3 N–H and O–H groups in total. The summed E-state index contributed by atoms with van der Waals surface area (Å²) < 4.78 is 21.2. The number of nitrogens with one attached hydrogen (secondary N) is 1. The Kier molecular flexibility index (Phi) is 6.80. The third-order valence-corrected chi connectivity index (χ3v) is 4.51. The van der Waals surface area contributed by atoms with Crippen LogP contribution in [0, 0.1) is 0 Å². The summed E-state index contributed by atoms with van der Waals surface area (Å²) in [6.07, 6.45) is 2.89. The number of phosphoric ester groups is 1. The molecule has 1 aromatic carbocycles. The van der Waals surface area contributed by atoms with Crippen LogP contribution in [-0.4, -0.2) is 28.6 Å². The Morgan fingerprint density at radius 2 is 2.04 bits per heavy atom. The highest BCUT2D eigenvalue weighted by molar-refractivity contribution is 7.46. The Morgan fingerprint density at radius 1 is 1.29 bits per heavy atom. The van der Waals surface area contributed by atoms with Crippen molar-refractivity contribution in [2.24, 2.45) is 0 Å². The van der Waals surface area contributed by atoms with E-state index < -0.39 is 26.1 Å². The van der Waals surface area contributed by atoms with Crippen molar-refractivity contribution in [3.8, 4) is 0 Å². The van der Waals surface area contributed by atoms with E-state index in [2.05, 4.69) is 12.2 Å². The molecular formula is C16H24NO6P. The van der Waals surface area contributed by atoms with Gasteiger partial charge in [0.25, 0.3) is 0 Å². The molecule has 134 valence electrons. The Bertz CT molecular complexity index is 602. The molecule has 8 heteroatoms. The van der Waals surface area contributed by atoms with Crippen LogP contribution in [0.1, 0.15) is 49.8 Å². The van der Waals surface area contributed by atoms with Gasteiger partial charge < -0.3 is 19.8 Å². The largest absolute Gasteiger partial charge is 0.469 e. The minimum Gasteiger partial charge on any atom is -0.450 e. The topological polar surface area (TPSA) is 105 Å². The van der Waals surface area contributed by atoms with Gasteiger partial charge in [-0.15, -0.1) is 0 Å². The van der Waals surface area contributed by atoms with Crippen LogP contribution < -0.4 is 5.32 Å². The molecule has 0 saturated heterocycles. The highest BCUT2D eigenvalue weighted by Crippen LogP contribution is 2.44. The molecule has 0 unspecified atom stereocenters. The summed E-state index contributed by atoms with van der Waals surface area (Å²) in [5.41, 5.74) is 1.68. The van der Waals surface area contributed by atoms with E-state index in [4.69, 9.17) is 19.0 Å². The molecule has 0 radical (unpaired) electrons. The van der Waals surface area contributed by atoms with E-state index >= 15 is 0 Å². The number of benzene rings is 1. The van der Waals surface area contributed by atoms with Crippen LogP contribution in [-0.2, 0) is 20.2 Å². The Morgan fingerprint density at radius 3 is 2.75 bits per heavy atom. The van der Waals surface area contributed by atoms with Crippen molar-refractivity contribution in [1.29, 1.82) is 0 Å². The molecule has 1 aliphatic carbocycles. The minimum atomic E-state index is -4.65. The summed E-state index contributed by atoms with van der Waals surface area (Å²) in [5.74, 6) is 0. The van der Waals surface area contributed by atoms with Gasteiger partial charge in [-0.25, -0.2) is 9.36 Å². The number of phosphoric acid groups is 1. The van der Waals surface area contributed by atoms with Crippen LogP contribution in [0.3, 0.4) is 0 Å². The number of hydrogen-bond donors (Lipinski definition) is 3. The van der Waals surface area contributed by atoms with E-state index in [-0.39, 0.29) is 0 Å². The summed E-state index contributed by atoms with van der Waals surface area (Å²) in [6.45, 7) is 2.43. The van der Waals surface area contributed by atoms with Gasteiger partial charge in [-0.05, 0) is 17.5 Å². The van der Waals surface area contributed by atoms with Gasteiger partial charge in [0, 0.05) is 6.42 Å². The molecule has 0 heterocycles. The van der Waals surface area contributed by atoms with E-state index in [1.807, 2.05) is 24.3 Å².